The monoisotopic (exact) mass is 439 g/mol. The molecule has 0 N–H and O–H groups in total. The molecular weight excluding hydrogens is 417 g/mol. The summed E-state index contributed by atoms with van der Waals surface area (Å²) in [6.07, 6.45) is 2.92. The van der Waals surface area contributed by atoms with Gasteiger partial charge in [-0.25, -0.2) is 14.1 Å². The van der Waals surface area contributed by atoms with Crippen molar-refractivity contribution in [2.75, 3.05) is 31.1 Å². The van der Waals surface area contributed by atoms with Crippen LogP contribution in [0.1, 0.15) is 41.6 Å². The van der Waals surface area contributed by atoms with Gasteiger partial charge in [-0.1, -0.05) is 23.7 Å². The van der Waals surface area contributed by atoms with Crippen molar-refractivity contribution in [3.05, 3.63) is 71.0 Å². The van der Waals surface area contributed by atoms with Gasteiger partial charge in [0.15, 0.2) is 0 Å². The van der Waals surface area contributed by atoms with Gasteiger partial charge >= 0.3 is 0 Å². The topological polar surface area (TPSA) is 54.3 Å². The number of carbonyl (C=O) groups is 1. The van der Waals surface area contributed by atoms with Crippen molar-refractivity contribution in [1.29, 1.82) is 0 Å². The SMILES string of the molecule is O=C(c1nc(C2CC2)n(-c2ccccc2Cl)n1)N1CCCN(c2ccc(F)cc2)CC1. The van der Waals surface area contributed by atoms with Crippen LogP contribution in [0.5, 0.6) is 0 Å². The van der Waals surface area contributed by atoms with E-state index in [2.05, 4.69) is 15.0 Å². The zero-order valence-electron chi connectivity index (χ0n) is 17.0. The first-order valence-corrected chi connectivity index (χ1v) is 11.0. The predicted molar refractivity (Wildman–Crippen MR) is 117 cm³/mol. The largest absolute Gasteiger partial charge is 0.370 e. The number of rotatable bonds is 4. The van der Waals surface area contributed by atoms with Gasteiger partial charge in [0.2, 0.25) is 5.82 Å². The average molecular weight is 440 g/mol. The van der Waals surface area contributed by atoms with Gasteiger partial charge in [0.25, 0.3) is 5.91 Å². The fraction of sp³-hybridized carbons (Fsp3) is 0.348. The van der Waals surface area contributed by atoms with Gasteiger partial charge < -0.3 is 9.80 Å². The molecule has 1 aromatic heterocycles. The summed E-state index contributed by atoms with van der Waals surface area (Å²) in [5.74, 6) is 0.940. The van der Waals surface area contributed by atoms with E-state index in [1.165, 1.54) is 12.1 Å². The Bertz CT molecular complexity index is 1100. The number of nitrogens with zero attached hydrogens (tertiary/aromatic N) is 5. The maximum atomic E-state index is 13.3. The van der Waals surface area contributed by atoms with Crippen LogP contribution in [0.4, 0.5) is 10.1 Å². The highest BCUT2D eigenvalue weighted by atomic mass is 35.5. The molecule has 0 bridgehead atoms. The number of aromatic nitrogens is 3. The molecule has 0 spiro atoms. The van der Waals surface area contributed by atoms with Gasteiger partial charge in [0, 0.05) is 37.8 Å². The molecule has 0 atom stereocenters. The van der Waals surface area contributed by atoms with Gasteiger partial charge in [-0.15, -0.1) is 5.10 Å². The van der Waals surface area contributed by atoms with Crippen molar-refractivity contribution in [3.8, 4) is 5.69 Å². The Hall–Kier alpha value is -2.93. The standard InChI is InChI=1S/C23H23ClFN5O/c24-19-4-1-2-5-20(19)30-22(16-6-7-16)26-21(27-30)23(31)29-13-3-12-28(14-15-29)18-10-8-17(25)9-11-18/h1-2,4-5,8-11,16H,3,6-7,12-15H2. The van der Waals surface area contributed by atoms with Crippen LogP contribution in [0.2, 0.25) is 5.02 Å². The van der Waals surface area contributed by atoms with E-state index in [0.29, 0.717) is 30.6 Å². The lowest BCUT2D eigenvalue weighted by Crippen LogP contribution is -2.35. The summed E-state index contributed by atoms with van der Waals surface area (Å²) in [4.78, 5) is 21.9. The number of benzene rings is 2. The third-order valence-corrected chi connectivity index (χ3v) is 6.14. The molecule has 1 aliphatic heterocycles. The van der Waals surface area contributed by atoms with E-state index in [-0.39, 0.29) is 17.5 Å². The maximum Gasteiger partial charge on any atom is 0.293 e. The van der Waals surface area contributed by atoms with Crippen LogP contribution >= 0.6 is 11.6 Å². The van der Waals surface area contributed by atoms with Gasteiger partial charge in [-0.2, -0.15) is 0 Å². The maximum absolute atomic E-state index is 13.3. The van der Waals surface area contributed by atoms with Crippen molar-refractivity contribution in [2.24, 2.45) is 0 Å². The van der Waals surface area contributed by atoms with E-state index >= 15 is 0 Å². The predicted octanol–water partition coefficient (Wildman–Crippen LogP) is 4.29. The molecule has 1 saturated heterocycles. The molecule has 1 amide bonds. The summed E-state index contributed by atoms with van der Waals surface area (Å²) >= 11 is 6.39. The van der Waals surface area contributed by atoms with Crippen LogP contribution < -0.4 is 4.90 Å². The second kappa shape index (κ2) is 8.30. The number of carbonyl (C=O) groups excluding carboxylic acids is 1. The summed E-state index contributed by atoms with van der Waals surface area (Å²) in [7, 11) is 0. The second-order valence-electron chi connectivity index (χ2n) is 8.04. The molecule has 160 valence electrons. The molecule has 3 aromatic rings. The highest BCUT2D eigenvalue weighted by Gasteiger charge is 2.33. The Morgan fingerprint density at radius 3 is 2.52 bits per heavy atom. The Balaban J connectivity index is 1.36. The molecule has 6 nitrogen and oxygen atoms in total. The molecule has 2 fully saturated rings. The smallest absolute Gasteiger partial charge is 0.293 e. The Labute approximate surface area is 185 Å². The first kappa shape index (κ1) is 20.0. The van der Waals surface area contributed by atoms with Crippen LogP contribution in [0, 0.1) is 5.82 Å². The van der Waals surface area contributed by atoms with Crippen molar-refractivity contribution in [1.82, 2.24) is 19.7 Å². The van der Waals surface area contributed by atoms with Gasteiger partial charge in [-0.3, -0.25) is 4.79 Å². The number of amides is 1. The lowest BCUT2D eigenvalue weighted by Gasteiger charge is -2.23. The highest BCUT2D eigenvalue weighted by Crippen LogP contribution is 2.40. The molecular formula is C23H23ClFN5O. The number of hydrogen-bond donors (Lipinski definition) is 0. The van der Waals surface area contributed by atoms with Crippen LogP contribution in [-0.4, -0.2) is 51.8 Å². The normalized spacial score (nSPS) is 17.0. The van der Waals surface area contributed by atoms with E-state index in [9.17, 15) is 9.18 Å². The van der Waals surface area contributed by atoms with Crippen molar-refractivity contribution in [3.63, 3.8) is 0 Å². The van der Waals surface area contributed by atoms with Crippen LogP contribution in [0.25, 0.3) is 5.69 Å². The molecule has 31 heavy (non-hydrogen) atoms. The average Bonchev–Trinajstić information content (AvgIpc) is 3.57. The minimum atomic E-state index is -0.248. The molecule has 2 heterocycles. The van der Waals surface area contributed by atoms with E-state index in [0.717, 1.165) is 43.0 Å². The quantitative estimate of drug-likeness (QED) is 0.608. The van der Waals surface area contributed by atoms with Gasteiger partial charge in [-0.05, 0) is 55.7 Å². The Morgan fingerprint density at radius 1 is 1.00 bits per heavy atom. The lowest BCUT2D eigenvalue weighted by molar-refractivity contribution is 0.0755. The summed E-state index contributed by atoms with van der Waals surface area (Å²) in [6, 6.07) is 14.0. The van der Waals surface area contributed by atoms with E-state index < -0.39 is 0 Å². The minimum absolute atomic E-state index is 0.159. The molecule has 2 aliphatic rings. The van der Waals surface area contributed by atoms with E-state index in [1.807, 2.05) is 29.2 Å². The Morgan fingerprint density at radius 2 is 1.77 bits per heavy atom. The summed E-state index contributed by atoms with van der Waals surface area (Å²) in [6.45, 7) is 2.69. The third kappa shape index (κ3) is 4.14. The Kier molecular flexibility index (Phi) is 5.36. The first-order chi connectivity index (χ1) is 15.1. The molecule has 5 rings (SSSR count). The van der Waals surface area contributed by atoms with Crippen LogP contribution in [0.3, 0.4) is 0 Å². The van der Waals surface area contributed by atoms with Gasteiger partial charge in [0.05, 0.1) is 10.7 Å². The molecule has 1 aliphatic carbocycles. The second-order valence-corrected chi connectivity index (χ2v) is 8.45. The van der Waals surface area contributed by atoms with Crippen molar-refractivity contribution >= 4 is 23.2 Å². The number of halogens is 2. The van der Waals surface area contributed by atoms with Crippen molar-refractivity contribution < 1.29 is 9.18 Å². The van der Waals surface area contributed by atoms with Crippen molar-refractivity contribution in [2.45, 2.75) is 25.2 Å². The number of hydrogen-bond acceptors (Lipinski definition) is 4. The number of para-hydroxylation sites is 1. The summed E-state index contributed by atoms with van der Waals surface area (Å²) in [5, 5.41) is 5.15. The zero-order valence-corrected chi connectivity index (χ0v) is 17.8. The van der Waals surface area contributed by atoms with E-state index in [1.54, 1.807) is 16.8 Å². The summed E-state index contributed by atoms with van der Waals surface area (Å²) < 4.78 is 15.0. The lowest BCUT2D eigenvalue weighted by atomic mass is 10.2. The minimum Gasteiger partial charge on any atom is -0.370 e. The zero-order chi connectivity index (χ0) is 21.4. The molecule has 2 aromatic carbocycles. The molecule has 0 unspecified atom stereocenters. The van der Waals surface area contributed by atoms with Crippen LogP contribution in [0.15, 0.2) is 48.5 Å². The highest BCUT2D eigenvalue weighted by molar-refractivity contribution is 6.32. The molecule has 8 heteroatoms. The van der Waals surface area contributed by atoms with Gasteiger partial charge in [0.1, 0.15) is 11.6 Å². The fourth-order valence-electron chi connectivity index (χ4n) is 3.99. The fourth-order valence-corrected chi connectivity index (χ4v) is 4.21. The number of anilines is 1. The van der Waals surface area contributed by atoms with Crippen LogP contribution in [-0.2, 0) is 0 Å². The van der Waals surface area contributed by atoms with E-state index in [4.69, 9.17) is 11.6 Å². The third-order valence-electron chi connectivity index (χ3n) is 5.82. The summed E-state index contributed by atoms with van der Waals surface area (Å²) in [5.41, 5.74) is 1.71. The first-order valence-electron chi connectivity index (χ1n) is 10.6. The molecule has 0 radical (unpaired) electrons. The molecule has 1 saturated carbocycles.